The van der Waals surface area contributed by atoms with Gasteiger partial charge in [0, 0.05) is 32.4 Å². The first kappa shape index (κ1) is 19.0. The van der Waals surface area contributed by atoms with Gasteiger partial charge in [0.15, 0.2) is 5.96 Å². The fourth-order valence-corrected chi connectivity index (χ4v) is 3.47. The van der Waals surface area contributed by atoms with E-state index in [-0.39, 0.29) is 11.9 Å². The molecular weight excluding hydrogens is 369 g/mol. The van der Waals surface area contributed by atoms with E-state index in [1.807, 2.05) is 31.2 Å². The molecule has 0 saturated carbocycles. The summed E-state index contributed by atoms with van der Waals surface area (Å²) in [5.41, 5.74) is 2.55. The second kappa shape index (κ2) is 8.34. The number of aryl methyl sites for hydroxylation is 1. The fraction of sp³-hybridized carbons (Fsp3) is 0.273. The minimum absolute atomic E-state index is 0.0705. The van der Waals surface area contributed by atoms with Crippen LogP contribution in [0, 0.1) is 12.7 Å². The van der Waals surface area contributed by atoms with E-state index in [4.69, 9.17) is 4.74 Å². The van der Waals surface area contributed by atoms with E-state index in [9.17, 15) is 4.39 Å². The number of ether oxygens (including phenoxy) is 1. The lowest BCUT2D eigenvalue weighted by Gasteiger charge is -2.16. The smallest absolute Gasteiger partial charge is 0.191 e. The Kier molecular flexibility index (Phi) is 5.46. The van der Waals surface area contributed by atoms with Gasteiger partial charge < -0.3 is 19.9 Å². The molecule has 2 heterocycles. The largest absolute Gasteiger partial charge is 0.488 e. The number of aromatic nitrogens is 2. The Morgan fingerprint density at radius 3 is 2.86 bits per heavy atom. The van der Waals surface area contributed by atoms with Gasteiger partial charge in [-0.3, -0.25) is 4.99 Å². The van der Waals surface area contributed by atoms with Crippen LogP contribution < -0.4 is 15.4 Å². The molecule has 0 spiro atoms. The van der Waals surface area contributed by atoms with Crippen LogP contribution in [-0.4, -0.2) is 35.2 Å². The van der Waals surface area contributed by atoms with Crippen molar-refractivity contribution in [1.82, 2.24) is 20.2 Å². The van der Waals surface area contributed by atoms with Gasteiger partial charge in [-0.25, -0.2) is 9.37 Å². The van der Waals surface area contributed by atoms with Gasteiger partial charge >= 0.3 is 0 Å². The van der Waals surface area contributed by atoms with Gasteiger partial charge in [0.25, 0.3) is 0 Å². The van der Waals surface area contributed by atoms with Crippen LogP contribution >= 0.6 is 0 Å². The zero-order valence-corrected chi connectivity index (χ0v) is 16.5. The zero-order valence-electron chi connectivity index (χ0n) is 16.5. The summed E-state index contributed by atoms with van der Waals surface area (Å²) in [7, 11) is 1.71. The highest BCUT2D eigenvalue weighted by molar-refractivity contribution is 5.79. The first-order valence-corrected chi connectivity index (χ1v) is 9.62. The molecule has 2 aromatic carbocycles. The lowest BCUT2D eigenvalue weighted by molar-refractivity contribution is 0.235. The van der Waals surface area contributed by atoms with Crippen LogP contribution in [0.2, 0.25) is 0 Å². The number of para-hydroxylation sites is 1. The van der Waals surface area contributed by atoms with Gasteiger partial charge in [-0.2, -0.15) is 0 Å². The number of benzene rings is 2. The number of hydrogen-bond donors (Lipinski definition) is 2. The summed E-state index contributed by atoms with van der Waals surface area (Å²) < 4.78 is 22.2. The molecule has 0 amide bonds. The van der Waals surface area contributed by atoms with Crippen molar-refractivity contribution in [3.63, 3.8) is 0 Å². The van der Waals surface area contributed by atoms with Crippen LogP contribution in [0.15, 0.2) is 59.9 Å². The summed E-state index contributed by atoms with van der Waals surface area (Å²) in [4.78, 5) is 8.38. The summed E-state index contributed by atoms with van der Waals surface area (Å²) in [6.45, 7) is 2.95. The Hall–Kier alpha value is -3.35. The number of nitrogens with one attached hydrogen (secondary N) is 2. The van der Waals surface area contributed by atoms with Crippen molar-refractivity contribution in [3.8, 4) is 11.4 Å². The average molecular weight is 393 g/mol. The molecule has 0 aliphatic carbocycles. The number of halogens is 1. The van der Waals surface area contributed by atoms with Gasteiger partial charge in [0.2, 0.25) is 0 Å². The fourth-order valence-electron chi connectivity index (χ4n) is 3.47. The molecule has 6 nitrogen and oxygen atoms in total. The monoisotopic (exact) mass is 393 g/mol. The van der Waals surface area contributed by atoms with Gasteiger partial charge in [0.1, 0.15) is 23.5 Å². The van der Waals surface area contributed by atoms with Gasteiger partial charge in [-0.1, -0.05) is 24.3 Å². The average Bonchev–Trinajstić information content (AvgIpc) is 3.34. The molecule has 29 heavy (non-hydrogen) atoms. The third-order valence-corrected chi connectivity index (χ3v) is 4.99. The number of guanidine groups is 1. The maximum atomic E-state index is 14.5. The lowest BCUT2D eigenvalue weighted by Crippen LogP contribution is -2.41. The van der Waals surface area contributed by atoms with Crippen LogP contribution in [0.4, 0.5) is 4.39 Å². The number of rotatable bonds is 5. The molecular formula is C22H24FN5O. The van der Waals surface area contributed by atoms with Crippen molar-refractivity contribution in [2.24, 2.45) is 4.99 Å². The minimum atomic E-state index is -0.287. The number of nitrogens with zero attached hydrogens (tertiary/aromatic N) is 3. The third-order valence-electron chi connectivity index (χ3n) is 4.99. The molecule has 7 heteroatoms. The highest BCUT2D eigenvalue weighted by Crippen LogP contribution is 2.27. The molecule has 1 aromatic heterocycles. The van der Waals surface area contributed by atoms with Crippen molar-refractivity contribution in [2.75, 3.05) is 13.6 Å². The van der Waals surface area contributed by atoms with Crippen molar-refractivity contribution in [2.45, 2.75) is 26.0 Å². The Balaban J connectivity index is 1.31. The molecule has 1 aliphatic heterocycles. The molecule has 0 fully saturated rings. The summed E-state index contributed by atoms with van der Waals surface area (Å²) in [5, 5.41) is 6.50. The normalized spacial score (nSPS) is 15.7. The summed E-state index contributed by atoms with van der Waals surface area (Å²) >= 11 is 0. The van der Waals surface area contributed by atoms with Crippen molar-refractivity contribution >= 4 is 5.96 Å². The molecule has 0 saturated heterocycles. The van der Waals surface area contributed by atoms with Gasteiger partial charge in [-0.05, 0) is 36.2 Å². The highest BCUT2D eigenvalue weighted by Gasteiger charge is 2.22. The first-order chi connectivity index (χ1) is 14.1. The second-order valence-corrected chi connectivity index (χ2v) is 6.99. The van der Waals surface area contributed by atoms with Gasteiger partial charge in [0.05, 0.1) is 12.2 Å². The SMILES string of the molecule is CN=C(NCc1ccc(-n2ccnc2C)c(F)c1)NCC1Cc2ccccc2O1. The predicted molar refractivity (Wildman–Crippen MR) is 111 cm³/mol. The maximum absolute atomic E-state index is 14.5. The number of fused-ring (bicyclic) bond motifs is 1. The second-order valence-electron chi connectivity index (χ2n) is 6.99. The molecule has 4 rings (SSSR count). The van der Waals surface area contributed by atoms with E-state index in [1.165, 1.54) is 11.6 Å². The Bertz CT molecular complexity index is 1000. The number of imidazole rings is 1. The topological polar surface area (TPSA) is 63.5 Å². The van der Waals surface area contributed by atoms with E-state index in [0.29, 0.717) is 24.7 Å². The standard InChI is InChI=1S/C22H24FN5O/c1-15-25-9-10-28(15)20-8-7-16(11-19(20)23)13-26-22(24-2)27-14-18-12-17-5-3-4-6-21(17)29-18/h3-11,18H,12-14H2,1-2H3,(H2,24,26,27). The summed E-state index contributed by atoms with van der Waals surface area (Å²) in [5.74, 6) is 2.06. The first-order valence-electron chi connectivity index (χ1n) is 9.62. The van der Waals surface area contributed by atoms with Gasteiger partial charge in [-0.15, -0.1) is 0 Å². The molecule has 0 bridgehead atoms. The maximum Gasteiger partial charge on any atom is 0.191 e. The van der Waals surface area contributed by atoms with E-state index < -0.39 is 0 Å². The Morgan fingerprint density at radius 1 is 1.28 bits per heavy atom. The quantitative estimate of drug-likeness (QED) is 0.517. The molecule has 3 aromatic rings. The molecule has 2 N–H and O–H groups in total. The van der Waals surface area contributed by atoms with E-state index in [1.54, 1.807) is 30.1 Å². The minimum Gasteiger partial charge on any atom is -0.488 e. The van der Waals surface area contributed by atoms with Crippen LogP contribution in [0.3, 0.4) is 0 Å². The molecule has 1 aliphatic rings. The van der Waals surface area contributed by atoms with Crippen molar-refractivity contribution < 1.29 is 9.13 Å². The van der Waals surface area contributed by atoms with E-state index in [2.05, 4.69) is 26.7 Å². The van der Waals surface area contributed by atoms with Crippen LogP contribution in [-0.2, 0) is 13.0 Å². The van der Waals surface area contributed by atoms with Crippen molar-refractivity contribution in [3.05, 3.63) is 77.6 Å². The summed E-state index contributed by atoms with van der Waals surface area (Å²) in [6.07, 6.45) is 4.36. The molecule has 1 unspecified atom stereocenters. The van der Waals surface area contributed by atoms with E-state index >= 15 is 0 Å². The molecule has 150 valence electrons. The zero-order chi connectivity index (χ0) is 20.2. The van der Waals surface area contributed by atoms with Crippen molar-refractivity contribution in [1.29, 1.82) is 0 Å². The van der Waals surface area contributed by atoms with Crippen LogP contribution in [0.1, 0.15) is 17.0 Å². The summed E-state index contributed by atoms with van der Waals surface area (Å²) in [6, 6.07) is 13.3. The van der Waals surface area contributed by atoms with Crippen LogP contribution in [0.5, 0.6) is 5.75 Å². The lowest BCUT2D eigenvalue weighted by atomic mass is 10.1. The predicted octanol–water partition coefficient (Wildman–Crippen LogP) is 2.99. The molecule has 0 radical (unpaired) electrons. The third kappa shape index (κ3) is 4.23. The molecule has 1 atom stereocenters. The number of aliphatic imine (C=N–C) groups is 1. The number of hydrogen-bond acceptors (Lipinski definition) is 3. The van der Waals surface area contributed by atoms with E-state index in [0.717, 1.165) is 23.6 Å². The van der Waals surface area contributed by atoms with Crippen LogP contribution in [0.25, 0.3) is 5.69 Å². The Labute approximate surface area is 169 Å². The highest BCUT2D eigenvalue weighted by atomic mass is 19.1. The Morgan fingerprint density at radius 2 is 2.14 bits per heavy atom.